The lowest BCUT2D eigenvalue weighted by Gasteiger charge is -2.19. The first-order valence-electron chi connectivity index (χ1n) is 10.7. The molecule has 176 valence electrons. The van der Waals surface area contributed by atoms with Crippen molar-refractivity contribution in [1.29, 1.82) is 0 Å². The molecule has 0 saturated carbocycles. The maximum Gasteiger partial charge on any atom is 0.259 e. The number of hydrogen-bond acceptors (Lipinski definition) is 4. The van der Waals surface area contributed by atoms with Crippen molar-refractivity contribution in [2.75, 3.05) is 26.0 Å². The van der Waals surface area contributed by atoms with Gasteiger partial charge in [-0.15, -0.1) is 0 Å². The summed E-state index contributed by atoms with van der Waals surface area (Å²) >= 11 is 5.91. The Labute approximate surface area is 203 Å². The van der Waals surface area contributed by atoms with Gasteiger partial charge in [-0.25, -0.2) is 0 Å². The Kier molecular flexibility index (Phi) is 8.65. The molecular weight excluding hydrogens is 454 g/mol. The number of hydrogen-bond donors (Lipinski definition) is 2. The SMILES string of the molecule is CN(C)C(=O)COc1ccc(NC(=O)C(Cc2ccccc2)NC(=O)c2ccc(Cl)cc2)cc1. The molecule has 1 atom stereocenters. The van der Waals surface area contributed by atoms with Crippen LogP contribution in [0.3, 0.4) is 0 Å². The molecule has 0 aliphatic carbocycles. The number of anilines is 1. The van der Waals surface area contributed by atoms with E-state index in [9.17, 15) is 14.4 Å². The second kappa shape index (κ2) is 11.9. The summed E-state index contributed by atoms with van der Waals surface area (Å²) in [5.41, 5.74) is 1.85. The Morgan fingerprint density at radius 1 is 0.912 bits per heavy atom. The van der Waals surface area contributed by atoms with Gasteiger partial charge in [-0.05, 0) is 54.1 Å². The van der Waals surface area contributed by atoms with E-state index in [1.54, 1.807) is 62.6 Å². The Morgan fingerprint density at radius 2 is 1.56 bits per heavy atom. The third-order valence-corrected chi connectivity index (χ3v) is 5.25. The fourth-order valence-corrected chi connectivity index (χ4v) is 3.17. The maximum absolute atomic E-state index is 13.1. The highest BCUT2D eigenvalue weighted by atomic mass is 35.5. The number of rotatable bonds is 9. The average molecular weight is 480 g/mol. The van der Waals surface area contributed by atoms with Crippen molar-refractivity contribution in [3.8, 4) is 5.75 Å². The highest BCUT2D eigenvalue weighted by Gasteiger charge is 2.22. The van der Waals surface area contributed by atoms with Crippen molar-refractivity contribution in [3.05, 3.63) is 95.0 Å². The van der Waals surface area contributed by atoms with E-state index in [1.807, 2.05) is 30.3 Å². The third kappa shape index (κ3) is 7.35. The van der Waals surface area contributed by atoms with Crippen LogP contribution in [0.15, 0.2) is 78.9 Å². The van der Waals surface area contributed by atoms with Gasteiger partial charge in [-0.2, -0.15) is 0 Å². The number of carbonyl (C=O) groups is 3. The summed E-state index contributed by atoms with van der Waals surface area (Å²) in [5, 5.41) is 6.17. The van der Waals surface area contributed by atoms with Crippen molar-refractivity contribution >= 4 is 35.0 Å². The third-order valence-electron chi connectivity index (χ3n) is 4.99. The van der Waals surface area contributed by atoms with Crippen LogP contribution >= 0.6 is 11.6 Å². The number of likely N-dealkylation sites (N-methyl/N-ethyl adjacent to an activating group) is 1. The molecule has 0 aliphatic rings. The van der Waals surface area contributed by atoms with Gasteiger partial charge in [0.05, 0.1) is 0 Å². The molecule has 7 nitrogen and oxygen atoms in total. The van der Waals surface area contributed by atoms with Gasteiger partial charge in [0.25, 0.3) is 11.8 Å². The predicted molar refractivity (Wildman–Crippen MR) is 132 cm³/mol. The largest absolute Gasteiger partial charge is 0.484 e. The first-order valence-corrected chi connectivity index (χ1v) is 11.0. The van der Waals surface area contributed by atoms with Crippen molar-refractivity contribution in [1.82, 2.24) is 10.2 Å². The molecule has 0 radical (unpaired) electrons. The molecular formula is C26H26ClN3O4. The van der Waals surface area contributed by atoms with E-state index in [-0.39, 0.29) is 24.3 Å². The zero-order valence-corrected chi connectivity index (χ0v) is 19.7. The molecule has 34 heavy (non-hydrogen) atoms. The van der Waals surface area contributed by atoms with E-state index in [4.69, 9.17) is 16.3 Å². The number of halogens is 1. The first-order chi connectivity index (χ1) is 16.3. The molecule has 3 aromatic rings. The molecule has 0 heterocycles. The van der Waals surface area contributed by atoms with Gasteiger partial charge in [-0.3, -0.25) is 14.4 Å². The number of benzene rings is 3. The standard InChI is InChI=1S/C26H26ClN3O4/c1-30(2)24(31)17-34-22-14-12-21(13-15-22)28-26(33)23(16-18-6-4-3-5-7-18)29-25(32)19-8-10-20(27)11-9-19/h3-15,23H,16-17H2,1-2H3,(H,28,33)(H,29,32). The normalized spacial score (nSPS) is 11.3. The quantitative estimate of drug-likeness (QED) is 0.489. The molecule has 0 spiro atoms. The van der Waals surface area contributed by atoms with Crippen molar-refractivity contribution in [2.24, 2.45) is 0 Å². The van der Waals surface area contributed by atoms with Gasteiger partial charge in [0.2, 0.25) is 5.91 Å². The van der Waals surface area contributed by atoms with Crippen molar-refractivity contribution in [3.63, 3.8) is 0 Å². The van der Waals surface area contributed by atoms with Gasteiger partial charge < -0.3 is 20.3 Å². The number of ether oxygens (including phenoxy) is 1. The summed E-state index contributed by atoms with van der Waals surface area (Å²) in [5.74, 6) is -0.382. The van der Waals surface area contributed by atoms with Gasteiger partial charge >= 0.3 is 0 Å². The van der Waals surface area contributed by atoms with Crippen LogP contribution in [0, 0.1) is 0 Å². The molecule has 2 N–H and O–H groups in total. The molecule has 3 aromatic carbocycles. The minimum absolute atomic E-state index is 0.0748. The van der Waals surface area contributed by atoms with Gasteiger partial charge in [0.1, 0.15) is 11.8 Å². The minimum Gasteiger partial charge on any atom is -0.484 e. The lowest BCUT2D eigenvalue weighted by atomic mass is 10.0. The number of amides is 3. The van der Waals surface area contributed by atoms with E-state index >= 15 is 0 Å². The average Bonchev–Trinajstić information content (AvgIpc) is 2.84. The second-order valence-corrected chi connectivity index (χ2v) is 8.25. The van der Waals surface area contributed by atoms with Crippen LogP contribution in [0.2, 0.25) is 5.02 Å². The fourth-order valence-electron chi connectivity index (χ4n) is 3.04. The Hall–Kier alpha value is -3.84. The fraction of sp³-hybridized carbons (Fsp3) is 0.192. The monoisotopic (exact) mass is 479 g/mol. The van der Waals surface area contributed by atoms with Crippen LogP contribution in [-0.2, 0) is 16.0 Å². The van der Waals surface area contributed by atoms with Crippen LogP contribution in [0.25, 0.3) is 0 Å². The van der Waals surface area contributed by atoms with Crippen molar-refractivity contribution < 1.29 is 19.1 Å². The first kappa shape index (κ1) is 24.8. The van der Waals surface area contributed by atoms with Gasteiger partial charge in [-0.1, -0.05) is 41.9 Å². The molecule has 3 rings (SSSR count). The lowest BCUT2D eigenvalue weighted by Crippen LogP contribution is -2.45. The lowest BCUT2D eigenvalue weighted by molar-refractivity contribution is -0.130. The summed E-state index contributed by atoms with van der Waals surface area (Å²) in [6.07, 6.45) is 0.319. The maximum atomic E-state index is 13.1. The summed E-state index contributed by atoms with van der Waals surface area (Å²) in [6, 6.07) is 21.8. The Morgan fingerprint density at radius 3 is 2.18 bits per heavy atom. The second-order valence-electron chi connectivity index (χ2n) is 7.81. The van der Waals surface area contributed by atoms with Crippen LogP contribution in [-0.4, -0.2) is 49.4 Å². The summed E-state index contributed by atoms with van der Waals surface area (Å²) in [6.45, 7) is -0.0748. The van der Waals surface area contributed by atoms with Gasteiger partial charge in [0, 0.05) is 36.8 Å². The van der Waals surface area contributed by atoms with E-state index in [0.29, 0.717) is 28.4 Å². The summed E-state index contributed by atoms with van der Waals surface area (Å²) in [7, 11) is 3.31. The molecule has 8 heteroatoms. The molecule has 0 aromatic heterocycles. The number of nitrogens with one attached hydrogen (secondary N) is 2. The van der Waals surface area contributed by atoms with Gasteiger partial charge in [0.15, 0.2) is 6.61 Å². The van der Waals surface area contributed by atoms with E-state index in [2.05, 4.69) is 10.6 Å². The Bertz CT molecular complexity index is 1120. The molecule has 3 amide bonds. The molecule has 0 bridgehead atoms. The van der Waals surface area contributed by atoms with E-state index in [1.165, 1.54) is 4.90 Å². The highest BCUT2D eigenvalue weighted by Crippen LogP contribution is 2.17. The molecule has 0 fully saturated rings. The molecule has 0 aliphatic heterocycles. The number of nitrogens with zero attached hydrogens (tertiary/aromatic N) is 1. The predicted octanol–water partition coefficient (Wildman–Crippen LogP) is 3.79. The van der Waals surface area contributed by atoms with Crippen LogP contribution in [0.4, 0.5) is 5.69 Å². The highest BCUT2D eigenvalue weighted by molar-refractivity contribution is 6.30. The minimum atomic E-state index is -0.806. The smallest absolute Gasteiger partial charge is 0.259 e. The molecule has 0 saturated heterocycles. The van der Waals surface area contributed by atoms with Crippen LogP contribution < -0.4 is 15.4 Å². The summed E-state index contributed by atoms with van der Waals surface area (Å²) < 4.78 is 5.46. The Balaban J connectivity index is 1.68. The topological polar surface area (TPSA) is 87.7 Å². The van der Waals surface area contributed by atoms with Crippen LogP contribution in [0.5, 0.6) is 5.75 Å². The number of carbonyl (C=O) groups excluding carboxylic acids is 3. The zero-order valence-electron chi connectivity index (χ0n) is 19.0. The summed E-state index contributed by atoms with van der Waals surface area (Å²) in [4.78, 5) is 38.9. The van der Waals surface area contributed by atoms with Crippen molar-refractivity contribution in [2.45, 2.75) is 12.5 Å². The van der Waals surface area contributed by atoms with Crippen LogP contribution in [0.1, 0.15) is 15.9 Å². The van der Waals surface area contributed by atoms with E-state index < -0.39 is 6.04 Å². The van der Waals surface area contributed by atoms with E-state index in [0.717, 1.165) is 5.56 Å². The molecule has 1 unspecified atom stereocenters. The zero-order chi connectivity index (χ0) is 24.5.